The summed E-state index contributed by atoms with van der Waals surface area (Å²) < 4.78 is 5.50. The highest BCUT2D eigenvalue weighted by atomic mass is 16.6. The molecule has 144 valence electrons. The molecule has 0 radical (unpaired) electrons. The fraction of sp³-hybridized carbons (Fsp3) is 0.667. The molecule has 1 amide bonds. The molecule has 5 heteroatoms. The van der Waals surface area contributed by atoms with Gasteiger partial charge in [0.25, 0.3) is 0 Å². The molecule has 0 N–H and O–H groups in total. The van der Waals surface area contributed by atoms with E-state index < -0.39 is 5.60 Å². The molecule has 0 aromatic heterocycles. The number of benzene rings is 1. The molecule has 2 saturated heterocycles. The number of piperazine rings is 1. The lowest BCUT2D eigenvalue weighted by Gasteiger charge is -2.36. The SMILES string of the molecule is CC(C)(C)OC(=O)N1CCC(CN2CCN(Cc3ccccc3)CC2)C1. The van der Waals surface area contributed by atoms with E-state index in [0.717, 1.165) is 58.8 Å². The van der Waals surface area contributed by atoms with Gasteiger partial charge in [0.1, 0.15) is 5.60 Å². The average molecular weight is 360 g/mol. The Balaban J connectivity index is 1.38. The molecule has 1 atom stereocenters. The Labute approximate surface area is 157 Å². The van der Waals surface area contributed by atoms with Crippen LogP contribution in [0.15, 0.2) is 30.3 Å². The maximum Gasteiger partial charge on any atom is 0.410 e. The Hall–Kier alpha value is -1.59. The third-order valence-corrected chi connectivity index (χ3v) is 5.17. The fourth-order valence-electron chi connectivity index (χ4n) is 3.81. The van der Waals surface area contributed by atoms with Crippen molar-refractivity contribution in [2.45, 2.75) is 39.3 Å². The van der Waals surface area contributed by atoms with Crippen LogP contribution in [-0.2, 0) is 11.3 Å². The molecule has 1 unspecified atom stereocenters. The Morgan fingerprint density at radius 2 is 1.69 bits per heavy atom. The summed E-state index contributed by atoms with van der Waals surface area (Å²) in [5.74, 6) is 0.572. The van der Waals surface area contributed by atoms with Gasteiger partial charge in [-0.2, -0.15) is 0 Å². The number of carbonyl (C=O) groups is 1. The molecule has 1 aromatic carbocycles. The van der Waals surface area contributed by atoms with E-state index in [1.165, 1.54) is 5.56 Å². The van der Waals surface area contributed by atoms with Crippen LogP contribution in [0, 0.1) is 5.92 Å². The molecule has 26 heavy (non-hydrogen) atoms. The van der Waals surface area contributed by atoms with Gasteiger partial charge in [0.15, 0.2) is 0 Å². The molecule has 2 aliphatic heterocycles. The van der Waals surface area contributed by atoms with Crippen LogP contribution < -0.4 is 0 Å². The summed E-state index contributed by atoms with van der Waals surface area (Å²) in [5.41, 5.74) is 0.981. The van der Waals surface area contributed by atoms with Gasteiger partial charge in [0.2, 0.25) is 0 Å². The average Bonchev–Trinajstić information content (AvgIpc) is 3.05. The van der Waals surface area contributed by atoms with Crippen LogP contribution in [0.3, 0.4) is 0 Å². The van der Waals surface area contributed by atoms with Crippen LogP contribution >= 0.6 is 0 Å². The quantitative estimate of drug-likeness (QED) is 0.828. The van der Waals surface area contributed by atoms with Gasteiger partial charge in [-0.25, -0.2) is 4.79 Å². The summed E-state index contributed by atoms with van der Waals surface area (Å²) in [4.78, 5) is 19.2. The van der Waals surface area contributed by atoms with Crippen molar-refractivity contribution >= 4 is 6.09 Å². The maximum atomic E-state index is 12.2. The molecule has 0 saturated carbocycles. The van der Waals surface area contributed by atoms with Crippen LogP contribution in [0.5, 0.6) is 0 Å². The van der Waals surface area contributed by atoms with E-state index in [1.54, 1.807) is 0 Å². The largest absolute Gasteiger partial charge is 0.444 e. The van der Waals surface area contributed by atoms with Gasteiger partial charge in [0, 0.05) is 52.4 Å². The van der Waals surface area contributed by atoms with Gasteiger partial charge >= 0.3 is 6.09 Å². The number of rotatable bonds is 4. The van der Waals surface area contributed by atoms with Gasteiger partial charge < -0.3 is 14.5 Å². The first-order chi connectivity index (χ1) is 12.4. The third-order valence-electron chi connectivity index (χ3n) is 5.17. The molecular formula is C21H33N3O2. The first-order valence-corrected chi connectivity index (χ1v) is 9.85. The van der Waals surface area contributed by atoms with E-state index in [0.29, 0.717) is 5.92 Å². The second-order valence-electron chi connectivity index (χ2n) is 8.64. The van der Waals surface area contributed by atoms with E-state index in [1.807, 2.05) is 25.7 Å². The highest BCUT2D eigenvalue weighted by Gasteiger charge is 2.31. The number of amides is 1. The zero-order valence-corrected chi connectivity index (χ0v) is 16.5. The van der Waals surface area contributed by atoms with Crippen molar-refractivity contribution in [3.8, 4) is 0 Å². The third kappa shape index (κ3) is 5.71. The predicted octanol–water partition coefficient (Wildman–Crippen LogP) is 3.06. The topological polar surface area (TPSA) is 36.0 Å². The summed E-state index contributed by atoms with van der Waals surface area (Å²) in [6, 6.07) is 10.7. The van der Waals surface area contributed by atoms with Crippen LogP contribution in [0.4, 0.5) is 4.79 Å². The van der Waals surface area contributed by atoms with Gasteiger partial charge in [-0.3, -0.25) is 4.90 Å². The van der Waals surface area contributed by atoms with Crippen LogP contribution in [-0.4, -0.2) is 72.2 Å². The number of hydrogen-bond acceptors (Lipinski definition) is 4. The Kier molecular flexibility index (Phi) is 6.20. The van der Waals surface area contributed by atoms with Crippen molar-refractivity contribution in [1.29, 1.82) is 0 Å². The lowest BCUT2D eigenvalue weighted by molar-refractivity contribution is 0.0282. The van der Waals surface area contributed by atoms with Gasteiger partial charge in [-0.05, 0) is 38.7 Å². The highest BCUT2D eigenvalue weighted by molar-refractivity contribution is 5.68. The number of hydrogen-bond donors (Lipinski definition) is 0. The zero-order chi connectivity index (χ0) is 18.6. The Bertz CT molecular complexity index is 577. The lowest BCUT2D eigenvalue weighted by atomic mass is 10.1. The first-order valence-electron chi connectivity index (χ1n) is 9.85. The zero-order valence-electron chi connectivity index (χ0n) is 16.5. The summed E-state index contributed by atoms with van der Waals surface area (Å²) >= 11 is 0. The molecule has 0 aliphatic carbocycles. The van der Waals surface area contributed by atoms with Crippen molar-refractivity contribution in [3.63, 3.8) is 0 Å². The molecule has 2 aliphatic rings. The number of likely N-dealkylation sites (tertiary alicyclic amines) is 1. The van der Waals surface area contributed by atoms with Crippen LogP contribution in [0.1, 0.15) is 32.8 Å². The minimum Gasteiger partial charge on any atom is -0.444 e. The molecule has 1 aromatic rings. The molecule has 3 rings (SSSR count). The summed E-state index contributed by atoms with van der Waals surface area (Å²) in [7, 11) is 0. The molecule has 0 spiro atoms. The predicted molar refractivity (Wildman–Crippen MR) is 104 cm³/mol. The monoisotopic (exact) mass is 359 g/mol. The second kappa shape index (κ2) is 8.40. The van der Waals surface area contributed by atoms with Gasteiger partial charge in [-0.15, -0.1) is 0 Å². The molecule has 5 nitrogen and oxygen atoms in total. The number of carbonyl (C=O) groups excluding carboxylic acids is 1. The van der Waals surface area contributed by atoms with Gasteiger partial charge in [0.05, 0.1) is 0 Å². The maximum absolute atomic E-state index is 12.2. The van der Waals surface area contributed by atoms with Crippen LogP contribution in [0.2, 0.25) is 0 Å². The van der Waals surface area contributed by atoms with E-state index >= 15 is 0 Å². The fourth-order valence-corrected chi connectivity index (χ4v) is 3.81. The minimum atomic E-state index is -0.412. The Morgan fingerprint density at radius 3 is 2.35 bits per heavy atom. The number of ether oxygens (including phenoxy) is 1. The van der Waals surface area contributed by atoms with Crippen molar-refractivity contribution in [2.24, 2.45) is 5.92 Å². The molecule has 2 fully saturated rings. The van der Waals surface area contributed by atoms with Crippen molar-refractivity contribution in [2.75, 3.05) is 45.8 Å². The Morgan fingerprint density at radius 1 is 1.04 bits per heavy atom. The first kappa shape index (κ1) is 19.2. The second-order valence-corrected chi connectivity index (χ2v) is 8.64. The van der Waals surface area contributed by atoms with Crippen molar-refractivity contribution in [1.82, 2.24) is 14.7 Å². The summed E-state index contributed by atoms with van der Waals surface area (Å²) in [6.45, 7) is 14.1. The highest BCUT2D eigenvalue weighted by Crippen LogP contribution is 2.21. The van der Waals surface area contributed by atoms with Crippen LogP contribution in [0.25, 0.3) is 0 Å². The standard InChI is InChI=1S/C21H33N3O2/c1-21(2,3)26-20(25)24-10-9-19(17-24)16-23-13-11-22(12-14-23)15-18-7-5-4-6-8-18/h4-8,19H,9-17H2,1-3H3. The molecule has 2 heterocycles. The van der Waals surface area contributed by atoms with Crippen molar-refractivity contribution in [3.05, 3.63) is 35.9 Å². The summed E-state index contributed by atoms with van der Waals surface area (Å²) in [5, 5.41) is 0. The van der Waals surface area contributed by atoms with Gasteiger partial charge in [-0.1, -0.05) is 30.3 Å². The van der Waals surface area contributed by atoms with E-state index in [2.05, 4.69) is 40.1 Å². The smallest absolute Gasteiger partial charge is 0.410 e. The van der Waals surface area contributed by atoms with E-state index in [4.69, 9.17) is 4.74 Å². The normalized spacial score (nSPS) is 22.6. The number of nitrogens with zero attached hydrogens (tertiary/aromatic N) is 3. The van der Waals surface area contributed by atoms with Crippen molar-refractivity contribution < 1.29 is 9.53 Å². The summed E-state index contributed by atoms with van der Waals surface area (Å²) in [6.07, 6.45) is 0.927. The van der Waals surface area contributed by atoms with E-state index in [9.17, 15) is 4.79 Å². The molecule has 0 bridgehead atoms. The lowest BCUT2D eigenvalue weighted by Crippen LogP contribution is -2.47. The molecular weight excluding hydrogens is 326 g/mol. The van der Waals surface area contributed by atoms with E-state index in [-0.39, 0.29) is 6.09 Å². The minimum absolute atomic E-state index is 0.160.